The van der Waals surface area contributed by atoms with Crippen LogP contribution in [0.1, 0.15) is 59.8 Å². The van der Waals surface area contributed by atoms with Crippen molar-refractivity contribution >= 4 is 29.2 Å². The summed E-state index contributed by atoms with van der Waals surface area (Å²) in [6.45, 7) is 8.14. The van der Waals surface area contributed by atoms with E-state index in [1.165, 1.54) is 39.0 Å². The number of halogens is 2. The van der Waals surface area contributed by atoms with Crippen molar-refractivity contribution in [3.63, 3.8) is 0 Å². The van der Waals surface area contributed by atoms with Crippen LogP contribution in [0.5, 0.6) is 0 Å². The molecule has 16 heavy (non-hydrogen) atoms. The zero-order chi connectivity index (χ0) is 13.2. The van der Waals surface area contributed by atoms with Crippen molar-refractivity contribution in [2.75, 3.05) is 11.9 Å². The molecule has 2 nitrogen and oxygen atoms in total. The first kappa shape index (κ1) is 21.3. The van der Waals surface area contributed by atoms with Gasteiger partial charge in [0, 0.05) is 6.92 Å². The summed E-state index contributed by atoms with van der Waals surface area (Å²) >= 11 is 9.53. The molecule has 0 spiro atoms. The lowest BCUT2D eigenvalue weighted by Gasteiger charge is -1.90. The van der Waals surface area contributed by atoms with E-state index in [1.807, 2.05) is 0 Å². The molecule has 0 bridgehead atoms. The van der Waals surface area contributed by atoms with Crippen LogP contribution in [-0.4, -0.2) is 17.9 Å². The lowest BCUT2D eigenvalue weighted by Crippen LogP contribution is -1.95. The minimum absolute atomic E-state index is 0.194. The monoisotopic (exact) mass is 272 g/mol. The van der Waals surface area contributed by atoms with Crippen LogP contribution < -0.4 is 0 Å². The molecule has 0 aromatic rings. The molecule has 0 amide bonds. The summed E-state index contributed by atoms with van der Waals surface area (Å²) in [6, 6.07) is 0. The first-order valence-electron chi connectivity index (χ1n) is 5.85. The zero-order valence-electron chi connectivity index (χ0n) is 11.0. The maximum Gasteiger partial charge on any atom is 0.302 e. The summed E-state index contributed by atoms with van der Waals surface area (Å²) < 4.78 is 4.40. The van der Waals surface area contributed by atoms with Crippen molar-refractivity contribution in [2.24, 2.45) is 0 Å². The van der Waals surface area contributed by atoms with Crippen LogP contribution in [0.15, 0.2) is 0 Å². The van der Waals surface area contributed by atoms with Crippen molar-refractivity contribution in [1.82, 2.24) is 0 Å². The summed E-state index contributed by atoms with van der Waals surface area (Å²) in [5.41, 5.74) is 0. The Morgan fingerprint density at radius 1 is 1.00 bits per heavy atom. The van der Waals surface area contributed by atoms with E-state index in [4.69, 9.17) is 23.2 Å². The molecule has 0 aliphatic heterocycles. The number of carbonyl (C=O) groups is 1. The number of hydrogen-bond acceptors (Lipinski definition) is 2. The summed E-state index contributed by atoms with van der Waals surface area (Å²) in [7, 11) is 0. The Bertz CT molecular complexity index is 116. The molecule has 0 N–H and O–H groups in total. The highest BCUT2D eigenvalue weighted by Crippen LogP contribution is 2.00. The van der Waals surface area contributed by atoms with Crippen LogP contribution in [0.2, 0.25) is 0 Å². The van der Waals surface area contributed by atoms with E-state index in [-0.39, 0.29) is 11.3 Å². The Kier molecular flexibility index (Phi) is 32.5. The van der Waals surface area contributed by atoms with Gasteiger partial charge in [0.15, 0.2) is 0 Å². The van der Waals surface area contributed by atoms with Crippen LogP contribution in [0.3, 0.4) is 0 Å². The Balaban J connectivity index is -0.000000172. The van der Waals surface area contributed by atoms with E-state index in [0.29, 0.717) is 6.61 Å². The van der Waals surface area contributed by atoms with Crippen LogP contribution >= 0.6 is 23.2 Å². The first-order valence-corrected chi connectivity index (χ1v) is 6.92. The molecule has 0 atom stereocenters. The van der Waals surface area contributed by atoms with E-state index in [1.54, 1.807) is 6.92 Å². The van der Waals surface area contributed by atoms with E-state index < -0.39 is 0 Å². The summed E-state index contributed by atoms with van der Waals surface area (Å²) in [4.78, 5) is 9.82. The smallest absolute Gasteiger partial charge is 0.302 e. The molecule has 0 aromatic heterocycles. The van der Waals surface area contributed by atoms with E-state index in [2.05, 4.69) is 18.6 Å². The third-order valence-corrected chi connectivity index (χ3v) is 1.55. The van der Waals surface area contributed by atoms with Gasteiger partial charge in [0.25, 0.3) is 0 Å². The molecule has 0 aromatic carbocycles. The Labute approximate surface area is 111 Å². The second-order valence-corrected chi connectivity index (χ2v) is 3.89. The fourth-order valence-corrected chi connectivity index (χ4v) is 0.880. The predicted molar refractivity (Wildman–Crippen MR) is 73.3 cm³/mol. The molecule has 0 aliphatic rings. The first-order chi connectivity index (χ1) is 7.60. The fourth-order valence-electron chi connectivity index (χ4n) is 0.880. The average Bonchev–Trinajstić information content (AvgIpc) is 2.20. The minimum Gasteiger partial charge on any atom is -0.466 e. The Hall–Kier alpha value is 0.0500. The van der Waals surface area contributed by atoms with Gasteiger partial charge in [0.2, 0.25) is 0 Å². The van der Waals surface area contributed by atoms with Crippen LogP contribution in [0, 0.1) is 0 Å². The summed E-state index contributed by atoms with van der Waals surface area (Å²) in [5.74, 6) is -0.211. The molecule has 0 aliphatic carbocycles. The molecule has 0 saturated heterocycles. The van der Waals surface area contributed by atoms with Crippen LogP contribution in [0.4, 0.5) is 0 Å². The minimum atomic E-state index is -0.211. The molecular weight excluding hydrogens is 247 g/mol. The number of unbranched alkanes of at least 4 members (excludes halogenated alkanes) is 4. The Morgan fingerprint density at radius 2 is 1.38 bits per heavy atom. The average molecular weight is 273 g/mol. The highest BCUT2D eigenvalue weighted by atomic mass is 35.5. The van der Waals surface area contributed by atoms with Gasteiger partial charge in [-0.25, -0.2) is 0 Å². The van der Waals surface area contributed by atoms with Crippen molar-refractivity contribution in [2.45, 2.75) is 59.8 Å². The highest BCUT2D eigenvalue weighted by Gasteiger charge is 1.81. The number of esters is 1. The maximum absolute atomic E-state index is 9.82. The van der Waals surface area contributed by atoms with Gasteiger partial charge in [0.1, 0.15) is 0 Å². The second-order valence-electron chi connectivity index (χ2n) is 3.09. The lowest BCUT2D eigenvalue weighted by atomic mass is 10.2. The molecular formula is C12H26Cl2O2. The number of alkyl halides is 2. The van der Waals surface area contributed by atoms with Crippen LogP contribution in [0.25, 0.3) is 0 Å². The normalized spacial score (nSPS) is 8.12. The molecule has 100 valence electrons. The van der Waals surface area contributed by atoms with Gasteiger partial charge >= 0.3 is 5.97 Å². The molecule has 0 rings (SSSR count). The molecule has 0 fully saturated rings. The largest absolute Gasteiger partial charge is 0.466 e. The van der Waals surface area contributed by atoms with Gasteiger partial charge in [-0.05, 0) is 6.92 Å². The summed E-state index contributed by atoms with van der Waals surface area (Å²) in [5, 5.41) is 0.194. The molecule has 0 radical (unpaired) electrons. The van der Waals surface area contributed by atoms with Gasteiger partial charge < -0.3 is 4.74 Å². The number of rotatable bonds is 5. The number of carbonyl (C=O) groups excluding carboxylic acids is 1. The molecule has 0 unspecified atom stereocenters. The van der Waals surface area contributed by atoms with Crippen molar-refractivity contribution < 1.29 is 9.53 Å². The number of ether oxygens (including phenoxy) is 1. The SMILES string of the molecule is CCCCCCC.CCOC(C)=O.ClCCl. The molecule has 0 saturated carbocycles. The summed E-state index contributed by atoms with van der Waals surface area (Å²) in [6.07, 6.45) is 7.01. The predicted octanol–water partition coefficient (Wildman–Crippen LogP) is 4.97. The van der Waals surface area contributed by atoms with Gasteiger partial charge in [-0.1, -0.05) is 46.0 Å². The van der Waals surface area contributed by atoms with Crippen molar-refractivity contribution in [1.29, 1.82) is 0 Å². The number of hydrogen-bond donors (Lipinski definition) is 0. The zero-order valence-corrected chi connectivity index (χ0v) is 12.5. The van der Waals surface area contributed by atoms with Crippen molar-refractivity contribution in [3.05, 3.63) is 0 Å². The van der Waals surface area contributed by atoms with Gasteiger partial charge in [-0.3, -0.25) is 4.79 Å². The Morgan fingerprint density at radius 3 is 1.50 bits per heavy atom. The molecule has 4 heteroatoms. The highest BCUT2D eigenvalue weighted by molar-refractivity contribution is 6.40. The topological polar surface area (TPSA) is 26.3 Å². The standard InChI is InChI=1S/C7H16.C4H8O2.CH2Cl2/c1-3-5-7-6-4-2;1-3-6-4(2)5;2-1-3/h3-7H2,1-2H3;3H2,1-2H3;1H2. The quantitative estimate of drug-likeness (QED) is 0.401. The third kappa shape index (κ3) is 48.1. The van der Waals surface area contributed by atoms with E-state index >= 15 is 0 Å². The molecule has 0 heterocycles. The van der Waals surface area contributed by atoms with Crippen LogP contribution in [-0.2, 0) is 9.53 Å². The lowest BCUT2D eigenvalue weighted by molar-refractivity contribution is -0.140. The second kappa shape index (κ2) is 24.3. The van der Waals surface area contributed by atoms with Gasteiger partial charge in [-0.15, -0.1) is 23.2 Å². The maximum atomic E-state index is 9.82. The van der Waals surface area contributed by atoms with Gasteiger partial charge in [-0.2, -0.15) is 0 Å². The van der Waals surface area contributed by atoms with Gasteiger partial charge in [0.05, 0.1) is 11.9 Å². The van der Waals surface area contributed by atoms with E-state index in [9.17, 15) is 4.79 Å². The third-order valence-electron chi connectivity index (χ3n) is 1.55. The van der Waals surface area contributed by atoms with Crippen molar-refractivity contribution in [3.8, 4) is 0 Å². The van der Waals surface area contributed by atoms with E-state index in [0.717, 1.165) is 0 Å². The fraction of sp³-hybridized carbons (Fsp3) is 0.917.